The predicted octanol–water partition coefficient (Wildman–Crippen LogP) is 1.65. The van der Waals surface area contributed by atoms with Gasteiger partial charge in [0.15, 0.2) is 0 Å². The third-order valence-electron chi connectivity index (χ3n) is 2.78. The van der Waals surface area contributed by atoms with Crippen LogP contribution in [0.15, 0.2) is 30.5 Å². The highest BCUT2D eigenvalue weighted by Crippen LogP contribution is 2.20. The largest absolute Gasteiger partial charge is 0.508 e. The van der Waals surface area contributed by atoms with Crippen LogP contribution in [0.3, 0.4) is 0 Å². The Balaban J connectivity index is 2.20. The molecule has 96 valence electrons. The lowest BCUT2D eigenvalue weighted by Crippen LogP contribution is -2.09. The van der Waals surface area contributed by atoms with Crippen LogP contribution in [0.1, 0.15) is 12.1 Å². The van der Waals surface area contributed by atoms with Crippen molar-refractivity contribution in [3.05, 3.63) is 36.2 Å². The van der Waals surface area contributed by atoms with Crippen molar-refractivity contribution >= 4 is 5.69 Å². The fourth-order valence-electron chi connectivity index (χ4n) is 1.79. The Hall–Kier alpha value is -2.01. The number of rotatable bonds is 5. The van der Waals surface area contributed by atoms with Gasteiger partial charge in [-0.25, -0.2) is 4.68 Å². The number of nitrogens with zero attached hydrogens (tertiary/aromatic N) is 2. The molecule has 0 aliphatic rings. The maximum atomic E-state index is 9.47. The highest BCUT2D eigenvalue weighted by atomic mass is 16.3. The van der Waals surface area contributed by atoms with Crippen molar-refractivity contribution in [2.45, 2.75) is 13.3 Å². The lowest BCUT2D eigenvalue weighted by molar-refractivity contribution is 0.475. The van der Waals surface area contributed by atoms with Gasteiger partial charge in [-0.15, -0.1) is 0 Å². The monoisotopic (exact) mass is 246 g/mol. The Kier molecular flexibility index (Phi) is 3.84. The molecule has 2 rings (SSSR count). The summed E-state index contributed by atoms with van der Waals surface area (Å²) >= 11 is 0. The Bertz CT molecular complexity index is 521. The molecule has 0 radical (unpaired) electrons. The maximum Gasteiger partial charge on any atom is 0.117 e. The Morgan fingerprint density at radius 3 is 3.00 bits per heavy atom. The first kappa shape index (κ1) is 12.4. The van der Waals surface area contributed by atoms with Gasteiger partial charge in [-0.2, -0.15) is 5.10 Å². The summed E-state index contributed by atoms with van der Waals surface area (Å²) in [6.07, 6.45) is 2.71. The molecule has 1 heterocycles. The molecule has 2 aromatic rings. The molecule has 0 unspecified atom stereocenters. The molecule has 5 nitrogen and oxygen atoms in total. The second-order valence-electron chi connectivity index (χ2n) is 4.14. The highest BCUT2D eigenvalue weighted by Gasteiger charge is 2.07. The molecular weight excluding hydrogens is 228 g/mol. The van der Waals surface area contributed by atoms with Gasteiger partial charge in [-0.05, 0) is 32.0 Å². The van der Waals surface area contributed by atoms with Crippen LogP contribution in [0.25, 0.3) is 5.69 Å². The first-order chi connectivity index (χ1) is 8.72. The van der Waals surface area contributed by atoms with Gasteiger partial charge in [0.1, 0.15) is 5.75 Å². The van der Waals surface area contributed by atoms with Gasteiger partial charge >= 0.3 is 0 Å². The zero-order chi connectivity index (χ0) is 13.0. The van der Waals surface area contributed by atoms with Crippen LogP contribution in [0.5, 0.6) is 5.75 Å². The molecule has 0 fully saturated rings. The third kappa shape index (κ3) is 2.62. The van der Waals surface area contributed by atoms with Crippen LogP contribution < -0.4 is 11.1 Å². The van der Waals surface area contributed by atoms with Crippen molar-refractivity contribution in [3.63, 3.8) is 0 Å². The van der Waals surface area contributed by atoms with Crippen molar-refractivity contribution in [1.29, 1.82) is 0 Å². The van der Waals surface area contributed by atoms with Crippen molar-refractivity contribution in [1.82, 2.24) is 9.78 Å². The van der Waals surface area contributed by atoms with Crippen molar-refractivity contribution in [3.8, 4) is 11.4 Å². The van der Waals surface area contributed by atoms with Crippen molar-refractivity contribution in [2.75, 3.05) is 18.4 Å². The van der Waals surface area contributed by atoms with Crippen molar-refractivity contribution in [2.24, 2.45) is 5.73 Å². The van der Waals surface area contributed by atoms with Crippen LogP contribution in [-0.2, 0) is 0 Å². The number of hydrogen-bond acceptors (Lipinski definition) is 4. The van der Waals surface area contributed by atoms with Crippen LogP contribution in [0, 0.1) is 6.92 Å². The Labute approximate surface area is 106 Å². The van der Waals surface area contributed by atoms with E-state index in [9.17, 15) is 5.11 Å². The van der Waals surface area contributed by atoms with Gasteiger partial charge in [0.2, 0.25) is 0 Å². The Morgan fingerprint density at radius 1 is 1.44 bits per heavy atom. The van der Waals surface area contributed by atoms with E-state index in [0.29, 0.717) is 6.54 Å². The third-order valence-corrected chi connectivity index (χ3v) is 2.78. The quantitative estimate of drug-likeness (QED) is 0.701. The number of hydrogen-bond donors (Lipinski definition) is 3. The minimum Gasteiger partial charge on any atom is -0.508 e. The van der Waals surface area contributed by atoms with Crippen LogP contribution in [-0.4, -0.2) is 28.0 Å². The van der Waals surface area contributed by atoms with Crippen LogP contribution in [0.4, 0.5) is 5.69 Å². The first-order valence-electron chi connectivity index (χ1n) is 6.00. The average Bonchev–Trinajstić information content (AvgIpc) is 2.72. The number of phenolic OH excluding ortho intramolecular Hbond substituents is 1. The van der Waals surface area contributed by atoms with E-state index in [4.69, 9.17) is 5.73 Å². The number of phenols is 1. The fraction of sp³-hybridized carbons (Fsp3) is 0.308. The van der Waals surface area contributed by atoms with Crippen LogP contribution in [0.2, 0.25) is 0 Å². The lowest BCUT2D eigenvalue weighted by atomic mass is 10.3. The number of nitrogens with one attached hydrogen (secondary N) is 1. The van der Waals surface area contributed by atoms with E-state index in [1.165, 1.54) is 0 Å². The summed E-state index contributed by atoms with van der Waals surface area (Å²) in [6, 6.07) is 7.03. The smallest absolute Gasteiger partial charge is 0.117 e. The van der Waals surface area contributed by atoms with E-state index < -0.39 is 0 Å². The standard InChI is InChI=1S/C13H18N4O/c1-10-13(15-7-3-6-14)9-16-17(10)11-4-2-5-12(18)8-11/h2,4-5,8-9,15,18H,3,6-7,14H2,1H3. The second-order valence-corrected chi connectivity index (χ2v) is 4.14. The van der Waals surface area contributed by atoms with E-state index in [-0.39, 0.29) is 5.75 Å². The summed E-state index contributed by atoms with van der Waals surface area (Å²) in [7, 11) is 0. The van der Waals surface area contributed by atoms with E-state index in [1.54, 1.807) is 29.1 Å². The second kappa shape index (κ2) is 5.55. The zero-order valence-electron chi connectivity index (χ0n) is 10.4. The topological polar surface area (TPSA) is 76.1 Å². The molecule has 0 aliphatic heterocycles. The summed E-state index contributed by atoms with van der Waals surface area (Å²) in [6.45, 7) is 3.50. The fourth-order valence-corrected chi connectivity index (χ4v) is 1.79. The predicted molar refractivity (Wildman–Crippen MR) is 72.1 cm³/mol. The van der Waals surface area contributed by atoms with Gasteiger partial charge < -0.3 is 16.2 Å². The van der Waals surface area contributed by atoms with Gasteiger partial charge in [0.05, 0.1) is 23.3 Å². The number of aromatic nitrogens is 2. The molecule has 5 heteroatoms. The van der Waals surface area contributed by atoms with Gasteiger partial charge in [-0.1, -0.05) is 6.07 Å². The molecule has 0 saturated heterocycles. The SMILES string of the molecule is Cc1c(NCCCN)cnn1-c1cccc(O)c1. The molecule has 0 spiro atoms. The summed E-state index contributed by atoms with van der Waals surface area (Å²) in [4.78, 5) is 0. The van der Waals surface area contributed by atoms with E-state index in [0.717, 1.165) is 30.0 Å². The molecule has 0 amide bonds. The molecule has 18 heavy (non-hydrogen) atoms. The lowest BCUT2D eigenvalue weighted by Gasteiger charge is -2.07. The van der Waals surface area contributed by atoms with E-state index in [2.05, 4.69) is 10.4 Å². The average molecular weight is 246 g/mol. The molecule has 0 saturated carbocycles. The summed E-state index contributed by atoms with van der Waals surface area (Å²) < 4.78 is 1.80. The van der Waals surface area contributed by atoms with Gasteiger partial charge in [0.25, 0.3) is 0 Å². The number of benzene rings is 1. The van der Waals surface area contributed by atoms with Crippen LogP contribution >= 0.6 is 0 Å². The number of nitrogens with two attached hydrogens (primary N) is 1. The molecule has 0 atom stereocenters. The van der Waals surface area contributed by atoms with Gasteiger partial charge in [-0.3, -0.25) is 0 Å². The van der Waals surface area contributed by atoms with E-state index in [1.807, 2.05) is 13.0 Å². The highest BCUT2D eigenvalue weighted by molar-refractivity contribution is 5.50. The zero-order valence-corrected chi connectivity index (χ0v) is 10.4. The molecular formula is C13H18N4O. The molecule has 1 aromatic carbocycles. The summed E-state index contributed by atoms with van der Waals surface area (Å²) in [5, 5.41) is 17.1. The van der Waals surface area contributed by atoms with E-state index >= 15 is 0 Å². The van der Waals surface area contributed by atoms with Crippen molar-refractivity contribution < 1.29 is 5.11 Å². The normalized spacial score (nSPS) is 10.6. The summed E-state index contributed by atoms with van der Waals surface area (Å²) in [5.41, 5.74) is 8.31. The number of anilines is 1. The first-order valence-corrected chi connectivity index (χ1v) is 6.00. The molecule has 1 aromatic heterocycles. The maximum absolute atomic E-state index is 9.47. The Morgan fingerprint density at radius 2 is 2.28 bits per heavy atom. The minimum atomic E-state index is 0.236. The molecule has 0 aliphatic carbocycles. The molecule has 0 bridgehead atoms. The number of aromatic hydroxyl groups is 1. The van der Waals surface area contributed by atoms with Gasteiger partial charge in [0, 0.05) is 12.6 Å². The minimum absolute atomic E-state index is 0.236. The summed E-state index contributed by atoms with van der Waals surface area (Å²) in [5.74, 6) is 0.236. The molecule has 4 N–H and O–H groups in total.